The fraction of sp³-hybridized carbons (Fsp3) is 0.825. The maximum absolute atomic E-state index is 11.8. The van der Waals surface area contributed by atoms with Gasteiger partial charge in [0, 0.05) is 70.9 Å². The molecule has 3 aliphatic rings. The first-order chi connectivity index (χ1) is 45.6. The number of aliphatic imine (C=N–C) groups is 1. The lowest BCUT2D eigenvalue weighted by Crippen LogP contribution is -2.64. The van der Waals surface area contributed by atoms with Gasteiger partial charge in [-0.25, -0.2) is 14.0 Å². The van der Waals surface area contributed by atoms with Crippen LogP contribution < -0.4 is 22.2 Å². The molecule has 0 radical (unpaired) electrons. The Morgan fingerprint density at radius 3 is 1.52 bits per heavy atom. The van der Waals surface area contributed by atoms with Gasteiger partial charge in [0.15, 0.2) is 18.9 Å². The van der Waals surface area contributed by atoms with Crippen molar-refractivity contribution in [2.75, 3.05) is 106 Å². The molecule has 6 rings (SSSR count). The molecule has 0 spiro atoms. The van der Waals surface area contributed by atoms with E-state index in [1.807, 2.05) is 18.6 Å². The largest absolute Gasteiger partial charge is 0.394 e. The smallest absolute Gasteiger partial charge is 0.217 e. The number of aromatic nitrogens is 9. The van der Waals surface area contributed by atoms with Crippen LogP contribution in [-0.2, 0) is 91.5 Å². The highest BCUT2D eigenvalue weighted by Gasteiger charge is 2.47. The van der Waals surface area contributed by atoms with Crippen LogP contribution in [0.5, 0.6) is 0 Å². The van der Waals surface area contributed by atoms with E-state index in [0.29, 0.717) is 62.1 Å². The molecular weight excluding hydrogens is 1260 g/mol. The highest BCUT2D eigenvalue weighted by atomic mass is 16.7. The Hall–Kier alpha value is -5.38. The van der Waals surface area contributed by atoms with Gasteiger partial charge in [-0.1, -0.05) is 42.8 Å². The average Bonchev–Trinajstić information content (AvgIpc) is 1.44. The highest BCUT2D eigenvalue weighted by Crippen LogP contribution is 2.31. The van der Waals surface area contributed by atoms with Gasteiger partial charge in [-0.05, 0) is 24.8 Å². The third kappa shape index (κ3) is 25.1. The zero-order valence-corrected chi connectivity index (χ0v) is 54.7. The fourth-order valence-corrected chi connectivity index (χ4v) is 11.0. The van der Waals surface area contributed by atoms with Crippen molar-refractivity contribution in [2.24, 2.45) is 27.1 Å². The zero-order chi connectivity index (χ0) is 69.0. The van der Waals surface area contributed by atoms with E-state index in [9.17, 15) is 60.7 Å². The molecular formula is C57H101N17O21. The number of nitrogens with two attached hydrogens (primary N) is 2. The second-order valence-electron chi connectivity index (χ2n) is 24.4. The van der Waals surface area contributed by atoms with Gasteiger partial charge in [0.1, 0.15) is 67.0 Å². The first-order valence-corrected chi connectivity index (χ1v) is 31.8. The van der Waals surface area contributed by atoms with E-state index in [2.05, 4.69) is 82.2 Å². The molecule has 38 heteroatoms. The molecule has 0 aliphatic carbocycles. The van der Waals surface area contributed by atoms with Crippen molar-refractivity contribution < 1.29 is 103 Å². The number of nitrogens with zero attached hydrogens (tertiary/aromatic N) is 13. The van der Waals surface area contributed by atoms with Crippen LogP contribution in [0.3, 0.4) is 0 Å². The van der Waals surface area contributed by atoms with Crippen molar-refractivity contribution in [2.45, 2.75) is 191 Å². The van der Waals surface area contributed by atoms with Gasteiger partial charge in [-0.3, -0.25) is 24.4 Å². The second-order valence-corrected chi connectivity index (χ2v) is 24.4. The summed E-state index contributed by atoms with van der Waals surface area (Å²) in [5.41, 5.74) is 8.25. The Labute approximate surface area is 550 Å². The quantitative estimate of drug-likeness (QED) is 0.0108. The number of ether oxygens (including phenoxy) is 9. The number of unbranched alkanes of at least 4 members (excludes halogenated alkanes) is 1. The number of rotatable bonds is 43. The summed E-state index contributed by atoms with van der Waals surface area (Å²) in [4.78, 5) is 32.6. The van der Waals surface area contributed by atoms with E-state index in [-0.39, 0.29) is 97.2 Å². The third-order valence-electron chi connectivity index (χ3n) is 15.9. The summed E-state index contributed by atoms with van der Waals surface area (Å²) in [7, 11) is 0. The number of hydrazone groups is 1. The zero-order valence-electron chi connectivity index (χ0n) is 54.7. The van der Waals surface area contributed by atoms with Gasteiger partial charge in [-0.2, -0.15) is 5.10 Å². The molecule has 3 aromatic rings. The summed E-state index contributed by atoms with van der Waals surface area (Å²) in [6.45, 7) is 11.6. The van der Waals surface area contributed by atoms with Crippen LogP contribution in [0.1, 0.15) is 71.0 Å². The lowest BCUT2D eigenvalue weighted by atomic mass is 9.82. The highest BCUT2D eigenvalue weighted by molar-refractivity contribution is 6.31. The van der Waals surface area contributed by atoms with Crippen molar-refractivity contribution in [3.63, 3.8) is 0 Å². The van der Waals surface area contributed by atoms with E-state index in [1.165, 1.54) is 13.8 Å². The first kappa shape index (κ1) is 78.6. The van der Waals surface area contributed by atoms with Gasteiger partial charge in [0.05, 0.1) is 141 Å². The Balaban J connectivity index is 1.05. The molecule has 16 N–H and O–H groups in total. The van der Waals surface area contributed by atoms with Crippen molar-refractivity contribution in [1.29, 1.82) is 0 Å². The van der Waals surface area contributed by atoms with E-state index in [0.717, 1.165) is 19.3 Å². The Bertz CT molecular complexity index is 2730. The van der Waals surface area contributed by atoms with Crippen LogP contribution >= 0.6 is 0 Å². The number of aliphatic hydroxyl groups is 10. The molecule has 3 fully saturated rings. The van der Waals surface area contributed by atoms with E-state index in [4.69, 9.17) is 54.2 Å². The number of hydrogen-bond donors (Lipinski definition) is 14. The Morgan fingerprint density at radius 1 is 0.621 bits per heavy atom. The molecule has 3 saturated heterocycles. The maximum Gasteiger partial charge on any atom is 0.217 e. The Morgan fingerprint density at radius 2 is 1.06 bits per heavy atom. The minimum absolute atomic E-state index is 0.00873. The molecule has 0 aromatic carbocycles. The summed E-state index contributed by atoms with van der Waals surface area (Å²) in [6, 6.07) is -3.23. The maximum atomic E-state index is 11.8. The van der Waals surface area contributed by atoms with E-state index >= 15 is 0 Å². The number of hydrogen-bond acceptors (Lipinski definition) is 33. The van der Waals surface area contributed by atoms with Crippen LogP contribution in [0.4, 0.5) is 0 Å². The summed E-state index contributed by atoms with van der Waals surface area (Å²) in [5.74, 6) is 5.04. The van der Waals surface area contributed by atoms with Crippen LogP contribution in [0, 0.1) is 5.41 Å². The average molecular weight is 1360 g/mol. The van der Waals surface area contributed by atoms with Crippen molar-refractivity contribution in [3.8, 4) is 0 Å². The predicted octanol–water partition coefficient (Wildman–Crippen LogP) is -7.32. The molecule has 0 bridgehead atoms. The molecule has 16 atom stereocenters. The van der Waals surface area contributed by atoms with Crippen LogP contribution in [0.25, 0.3) is 0 Å². The SMILES string of the molecule is CC(=O)NC1C(OCCOCCN=CC(CN(CCCC[C@@H](N(Cc2cn(CCO)nn2)Cc2cn(CCOCCOC3OC(CO)C(O)C(O)C3NC(C)=O)nn2)C(C)(C)C)Cc2cn(CCOCCOC3OC(CO)C(O)C(O)C3N)nn2)=NN)OC(CO)C(O)C1O. The van der Waals surface area contributed by atoms with Crippen molar-refractivity contribution in [1.82, 2.24) is 65.4 Å². The van der Waals surface area contributed by atoms with Gasteiger partial charge >= 0.3 is 0 Å². The molecule has 0 saturated carbocycles. The fourth-order valence-electron chi connectivity index (χ4n) is 11.0. The number of aliphatic hydroxyl groups excluding tert-OH is 10. The van der Waals surface area contributed by atoms with E-state index in [1.54, 1.807) is 20.3 Å². The molecule has 15 unspecified atom stereocenters. The van der Waals surface area contributed by atoms with Crippen LogP contribution in [0.2, 0.25) is 0 Å². The molecule has 3 aliphatic heterocycles. The van der Waals surface area contributed by atoms with Crippen molar-refractivity contribution >= 4 is 23.7 Å². The molecule has 2 amide bonds. The second kappa shape index (κ2) is 40.5. The standard InChI is InChI=1S/C57H101N17O21/c1-35(79)61-46-52(85)49(82)42(33-77)94-55(46)91-22-18-87-15-9-60-24-37(63-59)25-70(26-38-29-73(68-64-38)12-16-88-19-21-90-54-45(58)51(84)48(81)41(32-76)93-54)10-7-6-8-44(57(3,4)5)71(27-39-30-72(11-14-75)67-65-39)28-40-31-74(69-66-40)13-17-89-20-23-92-56-47(62-36(2)80)53(86)50(83)43(34-78)95-56/h24,29-31,41-56,75-78,81-86H,6-23,25-28,32-34,58-59H2,1-5H3,(H,61,79)(H,62,80)/t41?,42?,43?,44-,45?,46?,47?,48?,49?,50?,51?,52?,53?,54?,55?,56?/m1/s1. The summed E-state index contributed by atoms with van der Waals surface area (Å²) >= 11 is 0. The van der Waals surface area contributed by atoms with Gasteiger partial charge < -0.3 is 116 Å². The van der Waals surface area contributed by atoms with Gasteiger partial charge in [0.25, 0.3) is 0 Å². The number of amides is 2. The number of nitrogens with one attached hydrogen (secondary N) is 2. The first-order valence-electron chi connectivity index (χ1n) is 31.8. The lowest BCUT2D eigenvalue weighted by molar-refractivity contribution is -0.272. The van der Waals surface area contributed by atoms with Gasteiger partial charge in [-0.15, -0.1) is 15.3 Å². The summed E-state index contributed by atoms with van der Waals surface area (Å²) in [6.07, 6.45) is -5.83. The van der Waals surface area contributed by atoms with Gasteiger partial charge in [0.2, 0.25) is 11.8 Å². The molecule has 6 heterocycles. The monoisotopic (exact) mass is 1360 g/mol. The lowest BCUT2D eigenvalue weighted by Gasteiger charge is -2.42. The van der Waals surface area contributed by atoms with E-state index < -0.39 is 124 Å². The molecule has 3 aromatic heterocycles. The third-order valence-corrected chi connectivity index (χ3v) is 15.9. The number of carbonyl (C=O) groups excluding carboxylic acids is 2. The summed E-state index contributed by atoms with van der Waals surface area (Å²) < 4.78 is 56.1. The van der Waals surface area contributed by atoms with Crippen LogP contribution in [0.15, 0.2) is 28.7 Å². The molecule has 38 nitrogen and oxygen atoms in total. The molecule has 95 heavy (non-hydrogen) atoms. The number of carbonyl (C=O) groups is 2. The summed E-state index contributed by atoms with van der Waals surface area (Å²) in [5, 5.41) is 136. The predicted molar refractivity (Wildman–Crippen MR) is 331 cm³/mol. The topological polar surface area (TPSA) is 519 Å². The Kier molecular flexibility index (Phi) is 33.5. The normalized spacial score (nSPS) is 27.3. The molecule has 540 valence electrons. The van der Waals surface area contributed by atoms with Crippen LogP contribution in [-0.4, -0.2) is 333 Å². The minimum Gasteiger partial charge on any atom is -0.394 e. The van der Waals surface area contributed by atoms with Crippen molar-refractivity contribution in [3.05, 3.63) is 35.7 Å². The minimum atomic E-state index is -1.45.